The number of carbonyl (C=O) groups is 1. The Morgan fingerprint density at radius 2 is 2.00 bits per heavy atom. The summed E-state index contributed by atoms with van der Waals surface area (Å²) in [5.74, 6) is 0.266. The van der Waals surface area contributed by atoms with Crippen molar-refractivity contribution in [3.63, 3.8) is 0 Å². The number of amides is 1. The summed E-state index contributed by atoms with van der Waals surface area (Å²) in [6.45, 7) is 6.32. The van der Waals surface area contributed by atoms with Crippen molar-refractivity contribution in [3.8, 4) is 5.75 Å². The summed E-state index contributed by atoms with van der Waals surface area (Å²) in [6.07, 6.45) is 1.65. The van der Waals surface area contributed by atoms with Crippen molar-refractivity contribution in [2.75, 3.05) is 5.32 Å². The van der Waals surface area contributed by atoms with Crippen molar-refractivity contribution in [1.82, 2.24) is 0 Å². The lowest BCUT2D eigenvalue weighted by Crippen LogP contribution is -2.50. The zero-order valence-electron chi connectivity index (χ0n) is 12.4. The maximum Gasteiger partial charge on any atom is 0.228 e. The molecular formula is C16H24N2O2. The number of phenols is 1. The van der Waals surface area contributed by atoms with Crippen LogP contribution in [0.5, 0.6) is 5.75 Å². The van der Waals surface area contributed by atoms with Gasteiger partial charge in [0.1, 0.15) is 5.75 Å². The third-order valence-corrected chi connectivity index (χ3v) is 4.98. The lowest BCUT2D eigenvalue weighted by molar-refractivity contribution is -0.127. The Bertz CT molecular complexity index is 499. The molecule has 1 saturated carbocycles. The second kappa shape index (κ2) is 5.44. The number of anilines is 1. The number of hydrogen-bond acceptors (Lipinski definition) is 3. The second-order valence-electron chi connectivity index (χ2n) is 6.41. The zero-order chi connectivity index (χ0) is 14.9. The zero-order valence-corrected chi connectivity index (χ0v) is 12.4. The largest absolute Gasteiger partial charge is 0.506 e. The van der Waals surface area contributed by atoms with E-state index in [4.69, 9.17) is 5.73 Å². The molecule has 0 spiro atoms. The highest BCUT2D eigenvalue weighted by Gasteiger charge is 2.45. The van der Waals surface area contributed by atoms with Crippen molar-refractivity contribution in [2.45, 2.75) is 39.7 Å². The van der Waals surface area contributed by atoms with Gasteiger partial charge >= 0.3 is 0 Å². The van der Waals surface area contributed by atoms with E-state index in [1.54, 1.807) is 24.3 Å². The molecule has 0 bridgehead atoms. The summed E-state index contributed by atoms with van der Waals surface area (Å²) in [6, 6.07) is 6.95. The van der Waals surface area contributed by atoms with E-state index in [1.165, 1.54) is 0 Å². The lowest BCUT2D eigenvalue weighted by Gasteiger charge is -2.46. The summed E-state index contributed by atoms with van der Waals surface area (Å²) in [4.78, 5) is 12.5. The van der Waals surface area contributed by atoms with Crippen LogP contribution in [-0.2, 0) is 4.79 Å². The first-order valence-corrected chi connectivity index (χ1v) is 7.18. The molecule has 0 heterocycles. The highest BCUT2D eigenvalue weighted by Crippen LogP contribution is 2.44. The SMILES string of the molecule is CC1C(N)CCC(C(=O)Nc2ccccc2O)C1(C)C. The number of phenolic OH excluding ortho intramolecular Hbond substituents is 1. The Morgan fingerprint density at radius 3 is 2.65 bits per heavy atom. The minimum Gasteiger partial charge on any atom is -0.506 e. The monoisotopic (exact) mass is 276 g/mol. The highest BCUT2D eigenvalue weighted by atomic mass is 16.3. The molecule has 2 rings (SSSR count). The normalized spacial score (nSPS) is 28.9. The van der Waals surface area contributed by atoms with Crippen LogP contribution in [0.4, 0.5) is 5.69 Å². The first-order chi connectivity index (χ1) is 9.34. The van der Waals surface area contributed by atoms with Crippen molar-refractivity contribution < 1.29 is 9.90 Å². The molecule has 1 amide bonds. The average molecular weight is 276 g/mol. The summed E-state index contributed by atoms with van der Waals surface area (Å²) in [5.41, 5.74) is 6.44. The summed E-state index contributed by atoms with van der Waals surface area (Å²) >= 11 is 0. The smallest absolute Gasteiger partial charge is 0.228 e. The molecule has 0 aromatic heterocycles. The van der Waals surface area contributed by atoms with Crippen LogP contribution in [0.15, 0.2) is 24.3 Å². The molecule has 0 saturated heterocycles. The average Bonchev–Trinajstić information content (AvgIpc) is 2.38. The molecule has 0 aliphatic heterocycles. The molecule has 1 aromatic carbocycles. The van der Waals surface area contributed by atoms with Crippen molar-refractivity contribution in [3.05, 3.63) is 24.3 Å². The number of rotatable bonds is 2. The summed E-state index contributed by atoms with van der Waals surface area (Å²) < 4.78 is 0. The van der Waals surface area contributed by atoms with Gasteiger partial charge in [0.2, 0.25) is 5.91 Å². The van der Waals surface area contributed by atoms with Gasteiger partial charge in [-0.3, -0.25) is 4.79 Å². The standard InChI is InChI=1S/C16H24N2O2/c1-10-12(17)9-8-11(16(10,2)3)15(20)18-13-6-4-5-7-14(13)19/h4-7,10-12,19H,8-9,17H2,1-3H3,(H,18,20). The first-order valence-electron chi connectivity index (χ1n) is 7.18. The quantitative estimate of drug-likeness (QED) is 0.727. The molecule has 4 N–H and O–H groups in total. The van der Waals surface area contributed by atoms with E-state index >= 15 is 0 Å². The second-order valence-corrected chi connectivity index (χ2v) is 6.41. The van der Waals surface area contributed by atoms with Crippen LogP contribution in [0.25, 0.3) is 0 Å². The molecule has 110 valence electrons. The number of nitrogens with two attached hydrogens (primary N) is 1. The number of carbonyl (C=O) groups excluding carboxylic acids is 1. The summed E-state index contributed by atoms with van der Waals surface area (Å²) in [5, 5.41) is 12.6. The predicted molar refractivity (Wildman–Crippen MR) is 80.4 cm³/mol. The molecule has 3 atom stereocenters. The van der Waals surface area contributed by atoms with E-state index in [0.717, 1.165) is 12.8 Å². The third-order valence-electron chi connectivity index (χ3n) is 4.98. The van der Waals surface area contributed by atoms with Gasteiger partial charge in [-0.2, -0.15) is 0 Å². The molecule has 1 fully saturated rings. The van der Waals surface area contributed by atoms with Crippen molar-refractivity contribution in [2.24, 2.45) is 23.0 Å². The Labute approximate surface area is 120 Å². The Morgan fingerprint density at radius 1 is 1.35 bits per heavy atom. The molecule has 1 aromatic rings. The lowest BCUT2D eigenvalue weighted by atomic mass is 9.61. The fraction of sp³-hybridized carbons (Fsp3) is 0.562. The molecule has 20 heavy (non-hydrogen) atoms. The van der Waals surface area contributed by atoms with Gasteiger partial charge < -0.3 is 16.2 Å². The van der Waals surface area contributed by atoms with Gasteiger partial charge in [0.25, 0.3) is 0 Å². The van der Waals surface area contributed by atoms with Crippen molar-refractivity contribution in [1.29, 1.82) is 0 Å². The predicted octanol–water partition coefficient (Wildman–Crippen LogP) is 2.73. The van der Waals surface area contributed by atoms with Crippen LogP contribution in [0.3, 0.4) is 0 Å². The van der Waals surface area contributed by atoms with Gasteiger partial charge in [-0.15, -0.1) is 0 Å². The Balaban J connectivity index is 2.15. The topological polar surface area (TPSA) is 75.4 Å². The number of benzene rings is 1. The van der Waals surface area contributed by atoms with Gasteiger partial charge in [0.15, 0.2) is 0 Å². The number of hydrogen-bond donors (Lipinski definition) is 3. The molecule has 0 radical (unpaired) electrons. The van der Waals surface area contributed by atoms with E-state index in [9.17, 15) is 9.90 Å². The van der Waals surface area contributed by atoms with E-state index < -0.39 is 0 Å². The number of nitrogens with one attached hydrogen (secondary N) is 1. The fourth-order valence-electron chi connectivity index (χ4n) is 3.12. The Kier molecular flexibility index (Phi) is 4.04. The minimum absolute atomic E-state index is 0.0322. The first kappa shape index (κ1) is 14.9. The summed E-state index contributed by atoms with van der Waals surface area (Å²) in [7, 11) is 0. The van der Waals surface area contributed by atoms with Crippen LogP contribution in [0.2, 0.25) is 0 Å². The molecule has 4 nitrogen and oxygen atoms in total. The molecule has 3 unspecified atom stereocenters. The molecular weight excluding hydrogens is 252 g/mol. The number of para-hydroxylation sites is 2. The van der Waals surface area contributed by atoms with Crippen LogP contribution in [0.1, 0.15) is 33.6 Å². The third kappa shape index (κ3) is 2.66. The molecule has 1 aliphatic carbocycles. The van der Waals surface area contributed by atoms with Gasteiger partial charge in [-0.05, 0) is 36.3 Å². The maximum atomic E-state index is 12.5. The van der Waals surface area contributed by atoms with E-state index in [2.05, 4.69) is 26.1 Å². The van der Waals surface area contributed by atoms with Crippen molar-refractivity contribution >= 4 is 11.6 Å². The van der Waals surface area contributed by atoms with E-state index in [-0.39, 0.29) is 34.9 Å². The van der Waals surface area contributed by atoms with Gasteiger partial charge in [-0.25, -0.2) is 0 Å². The van der Waals surface area contributed by atoms with Crippen LogP contribution < -0.4 is 11.1 Å². The fourth-order valence-corrected chi connectivity index (χ4v) is 3.12. The molecule has 1 aliphatic rings. The van der Waals surface area contributed by atoms with Crippen LogP contribution >= 0.6 is 0 Å². The minimum atomic E-state index is -0.147. The van der Waals surface area contributed by atoms with Gasteiger partial charge in [0.05, 0.1) is 5.69 Å². The highest BCUT2D eigenvalue weighted by molar-refractivity contribution is 5.94. The Hall–Kier alpha value is -1.55. The van der Waals surface area contributed by atoms with Crippen LogP contribution in [-0.4, -0.2) is 17.1 Å². The number of aromatic hydroxyl groups is 1. The van der Waals surface area contributed by atoms with E-state index in [1.807, 2.05) is 0 Å². The van der Waals surface area contributed by atoms with Crippen LogP contribution in [0, 0.1) is 17.3 Å². The van der Waals surface area contributed by atoms with Gasteiger partial charge in [0, 0.05) is 12.0 Å². The van der Waals surface area contributed by atoms with E-state index in [0.29, 0.717) is 5.69 Å². The maximum absolute atomic E-state index is 12.5. The molecule has 4 heteroatoms. The van der Waals surface area contributed by atoms with Gasteiger partial charge in [-0.1, -0.05) is 32.9 Å².